The predicted octanol–water partition coefficient (Wildman–Crippen LogP) is 4.18. The van der Waals surface area contributed by atoms with E-state index in [1.165, 1.54) is 0 Å². The third kappa shape index (κ3) is 3.61. The number of amides is 2. The van der Waals surface area contributed by atoms with E-state index in [4.69, 9.17) is 14.0 Å². The van der Waals surface area contributed by atoms with Crippen LogP contribution < -0.4 is 14.8 Å². The van der Waals surface area contributed by atoms with Crippen LogP contribution in [0.3, 0.4) is 0 Å². The molecule has 2 amide bonds. The van der Waals surface area contributed by atoms with Gasteiger partial charge in [-0.2, -0.15) is 0 Å². The molecule has 3 rings (SSSR count). The molecule has 0 bridgehead atoms. The Kier molecular flexibility index (Phi) is 5.35. The molecule has 1 aromatic carbocycles. The Morgan fingerprint density at radius 2 is 2.04 bits per heavy atom. The fourth-order valence-corrected chi connectivity index (χ4v) is 3.16. The highest BCUT2D eigenvalue weighted by Crippen LogP contribution is 2.34. The largest absolute Gasteiger partial charge is 0.493 e. The van der Waals surface area contributed by atoms with Crippen molar-refractivity contribution in [2.24, 2.45) is 0 Å². The molecular formula is C19H25N3O4. The van der Waals surface area contributed by atoms with Crippen molar-refractivity contribution in [3.05, 3.63) is 35.7 Å². The monoisotopic (exact) mass is 359 g/mol. The molecule has 7 nitrogen and oxygen atoms in total. The summed E-state index contributed by atoms with van der Waals surface area (Å²) in [6.07, 6.45) is 1.82. The lowest BCUT2D eigenvalue weighted by Gasteiger charge is -2.23. The van der Waals surface area contributed by atoms with Gasteiger partial charge in [-0.05, 0) is 25.0 Å². The van der Waals surface area contributed by atoms with Gasteiger partial charge in [-0.15, -0.1) is 0 Å². The topological polar surface area (TPSA) is 76.8 Å². The van der Waals surface area contributed by atoms with Crippen LogP contribution in [0.2, 0.25) is 0 Å². The summed E-state index contributed by atoms with van der Waals surface area (Å²) < 4.78 is 15.9. The van der Waals surface area contributed by atoms with Crippen molar-refractivity contribution in [2.75, 3.05) is 26.1 Å². The molecule has 0 saturated carbocycles. The molecule has 2 heterocycles. The van der Waals surface area contributed by atoms with Crippen molar-refractivity contribution < 1.29 is 18.8 Å². The molecule has 26 heavy (non-hydrogen) atoms. The summed E-state index contributed by atoms with van der Waals surface area (Å²) >= 11 is 0. The average Bonchev–Trinajstić information content (AvgIpc) is 3.30. The second-order valence-corrected chi connectivity index (χ2v) is 6.66. The molecule has 1 fully saturated rings. The van der Waals surface area contributed by atoms with Crippen LogP contribution in [0, 0.1) is 0 Å². The van der Waals surface area contributed by atoms with Gasteiger partial charge < -0.3 is 24.2 Å². The van der Waals surface area contributed by atoms with Crippen LogP contribution in [0.5, 0.6) is 11.5 Å². The number of nitrogens with one attached hydrogen (secondary N) is 1. The summed E-state index contributed by atoms with van der Waals surface area (Å²) in [5.74, 6) is 2.30. The number of hydrogen-bond acceptors (Lipinski definition) is 5. The predicted molar refractivity (Wildman–Crippen MR) is 97.8 cm³/mol. The number of hydrogen-bond donors (Lipinski definition) is 1. The molecule has 0 aliphatic carbocycles. The van der Waals surface area contributed by atoms with Crippen molar-refractivity contribution in [1.29, 1.82) is 0 Å². The lowest BCUT2D eigenvalue weighted by molar-refractivity contribution is 0.204. The van der Waals surface area contributed by atoms with Gasteiger partial charge in [-0.1, -0.05) is 19.0 Å². The Hall–Kier alpha value is -2.70. The highest BCUT2D eigenvalue weighted by molar-refractivity contribution is 5.90. The molecule has 7 heteroatoms. The smallest absolute Gasteiger partial charge is 0.322 e. The summed E-state index contributed by atoms with van der Waals surface area (Å²) in [6, 6.07) is 7.03. The standard InChI is InChI=1S/C19H25N3O4/c1-12(2)17-11-14(21-26-17)15-6-5-9-22(15)19(23)20-13-7-8-16(24-3)18(10-13)25-4/h7-8,10-12,15H,5-6,9H2,1-4H3,(H,20,23)/t15-/m1/s1. The molecule has 0 spiro atoms. The number of carbonyl (C=O) groups is 1. The number of ether oxygens (including phenoxy) is 2. The van der Waals surface area contributed by atoms with Crippen LogP contribution in [0.1, 0.15) is 50.1 Å². The first-order valence-corrected chi connectivity index (χ1v) is 8.79. The number of rotatable bonds is 5. The highest BCUT2D eigenvalue weighted by atomic mass is 16.5. The van der Waals surface area contributed by atoms with E-state index in [9.17, 15) is 4.79 Å². The maximum absolute atomic E-state index is 12.8. The second kappa shape index (κ2) is 7.68. The number of benzene rings is 1. The fraction of sp³-hybridized carbons (Fsp3) is 0.474. The van der Waals surface area contributed by atoms with Crippen LogP contribution in [-0.2, 0) is 0 Å². The van der Waals surface area contributed by atoms with Gasteiger partial charge in [-0.25, -0.2) is 4.79 Å². The third-order valence-corrected chi connectivity index (χ3v) is 4.61. The fourth-order valence-electron chi connectivity index (χ4n) is 3.16. The first-order chi connectivity index (χ1) is 12.5. The van der Waals surface area contributed by atoms with Crippen molar-refractivity contribution >= 4 is 11.7 Å². The Morgan fingerprint density at radius 3 is 2.69 bits per heavy atom. The molecule has 1 atom stereocenters. The van der Waals surface area contributed by atoms with Gasteiger partial charge in [0.15, 0.2) is 11.5 Å². The van der Waals surface area contributed by atoms with Crippen molar-refractivity contribution in [3.63, 3.8) is 0 Å². The number of methoxy groups -OCH3 is 2. The third-order valence-electron chi connectivity index (χ3n) is 4.61. The minimum Gasteiger partial charge on any atom is -0.493 e. The molecule has 0 unspecified atom stereocenters. The normalized spacial score (nSPS) is 16.8. The van der Waals surface area contributed by atoms with Gasteiger partial charge in [0.25, 0.3) is 0 Å². The van der Waals surface area contributed by atoms with Gasteiger partial charge in [-0.3, -0.25) is 0 Å². The zero-order valence-corrected chi connectivity index (χ0v) is 15.6. The SMILES string of the molecule is COc1ccc(NC(=O)N2CCC[C@@H]2c2cc(C(C)C)on2)cc1OC. The zero-order chi connectivity index (χ0) is 18.7. The molecule has 1 N–H and O–H groups in total. The minimum absolute atomic E-state index is 0.0635. The van der Waals surface area contributed by atoms with Crippen molar-refractivity contribution in [2.45, 2.75) is 38.6 Å². The Labute approximate surface area is 153 Å². The summed E-state index contributed by atoms with van der Waals surface area (Å²) in [5, 5.41) is 7.11. The number of likely N-dealkylation sites (tertiary alicyclic amines) is 1. The number of nitrogens with zero attached hydrogens (tertiary/aromatic N) is 2. The summed E-state index contributed by atoms with van der Waals surface area (Å²) in [7, 11) is 3.14. The minimum atomic E-state index is -0.159. The summed E-state index contributed by atoms with van der Waals surface area (Å²) in [5.41, 5.74) is 1.47. The van der Waals surface area contributed by atoms with E-state index in [2.05, 4.69) is 24.3 Å². The first kappa shape index (κ1) is 18.1. The molecule has 1 aliphatic heterocycles. The highest BCUT2D eigenvalue weighted by Gasteiger charge is 2.32. The van der Waals surface area contributed by atoms with Crippen LogP contribution in [0.25, 0.3) is 0 Å². The summed E-state index contributed by atoms with van der Waals surface area (Å²) in [4.78, 5) is 14.6. The van der Waals surface area contributed by atoms with Gasteiger partial charge in [0.1, 0.15) is 11.5 Å². The number of carbonyl (C=O) groups excluding carboxylic acids is 1. The number of anilines is 1. The zero-order valence-electron chi connectivity index (χ0n) is 15.6. The van der Waals surface area contributed by atoms with Gasteiger partial charge >= 0.3 is 6.03 Å². The van der Waals surface area contributed by atoms with E-state index >= 15 is 0 Å². The molecule has 2 aromatic rings. The van der Waals surface area contributed by atoms with Crippen LogP contribution in [0.4, 0.5) is 10.5 Å². The van der Waals surface area contributed by atoms with Crippen molar-refractivity contribution in [1.82, 2.24) is 10.1 Å². The molecule has 0 radical (unpaired) electrons. The van der Waals surface area contributed by atoms with Crippen molar-refractivity contribution in [3.8, 4) is 11.5 Å². The Morgan fingerprint density at radius 1 is 1.27 bits per heavy atom. The average molecular weight is 359 g/mol. The Bertz CT molecular complexity index is 772. The maximum atomic E-state index is 12.8. The molecule has 1 saturated heterocycles. The van der Waals surface area contributed by atoms with Crippen LogP contribution in [-0.4, -0.2) is 36.9 Å². The van der Waals surface area contributed by atoms with Gasteiger partial charge in [0.2, 0.25) is 0 Å². The maximum Gasteiger partial charge on any atom is 0.322 e. The molecule has 140 valence electrons. The number of urea groups is 1. The van der Waals surface area contributed by atoms with E-state index in [0.717, 1.165) is 24.3 Å². The first-order valence-electron chi connectivity index (χ1n) is 8.79. The van der Waals surface area contributed by atoms with Crippen LogP contribution in [0.15, 0.2) is 28.8 Å². The second-order valence-electron chi connectivity index (χ2n) is 6.66. The van der Waals surface area contributed by atoms with Crippen LogP contribution >= 0.6 is 0 Å². The van der Waals surface area contributed by atoms with E-state index in [-0.39, 0.29) is 18.0 Å². The van der Waals surface area contributed by atoms with E-state index < -0.39 is 0 Å². The molecule has 1 aromatic heterocycles. The van der Waals surface area contributed by atoms with E-state index in [1.54, 1.807) is 37.3 Å². The lowest BCUT2D eigenvalue weighted by atomic mass is 10.1. The van der Waals surface area contributed by atoms with Gasteiger partial charge in [0, 0.05) is 30.3 Å². The summed E-state index contributed by atoms with van der Waals surface area (Å²) in [6.45, 7) is 4.80. The lowest BCUT2D eigenvalue weighted by Crippen LogP contribution is -2.34. The van der Waals surface area contributed by atoms with E-state index in [1.807, 2.05) is 6.07 Å². The molecule has 1 aliphatic rings. The number of aromatic nitrogens is 1. The Balaban J connectivity index is 1.74. The van der Waals surface area contributed by atoms with E-state index in [0.29, 0.717) is 23.7 Å². The quantitative estimate of drug-likeness (QED) is 0.866. The molecular weight excluding hydrogens is 334 g/mol. The van der Waals surface area contributed by atoms with Gasteiger partial charge in [0.05, 0.1) is 20.3 Å².